The Balaban J connectivity index is 2.17. The van der Waals surface area contributed by atoms with E-state index in [-0.39, 0.29) is 0 Å². The number of rotatable bonds is 3. The molecule has 1 aromatic rings. The summed E-state index contributed by atoms with van der Waals surface area (Å²) in [5.74, 6) is 1.03. The van der Waals surface area contributed by atoms with Crippen molar-refractivity contribution in [3.05, 3.63) is 34.3 Å². The van der Waals surface area contributed by atoms with Crippen LogP contribution in [0.4, 0.5) is 0 Å². The predicted octanol–water partition coefficient (Wildman–Crippen LogP) is 3.81. The number of hydrogen-bond donors (Lipinski definition) is 0. The first-order valence-corrected chi connectivity index (χ1v) is 7.31. The van der Waals surface area contributed by atoms with Gasteiger partial charge in [-0.2, -0.15) is 0 Å². The van der Waals surface area contributed by atoms with E-state index in [0.717, 1.165) is 30.2 Å². The van der Waals surface area contributed by atoms with Crippen LogP contribution in [0.25, 0.3) is 0 Å². The van der Waals surface area contributed by atoms with E-state index >= 15 is 0 Å². The van der Waals surface area contributed by atoms with Gasteiger partial charge in [-0.1, -0.05) is 28.1 Å². The topological polar surface area (TPSA) is 20.3 Å². The highest BCUT2D eigenvalue weighted by atomic mass is 79.9. The van der Waals surface area contributed by atoms with Crippen molar-refractivity contribution in [1.82, 2.24) is 4.90 Å². The number of ketones is 1. The molecule has 0 aliphatic heterocycles. The predicted molar refractivity (Wildman–Crippen MR) is 77.5 cm³/mol. The molecule has 1 fully saturated rings. The molecule has 0 aromatic heterocycles. The van der Waals surface area contributed by atoms with Crippen LogP contribution in [0.1, 0.15) is 37.3 Å². The van der Waals surface area contributed by atoms with Crippen molar-refractivity contribution in [3.8, 4) is 0 Å². The number of nitrogens with zero attached hydrogens (tertiary/aromatic N) is 1. The largest absolute Gasteiger partial charge is 0.302 e. The minimum absolute atomic E-state index is 0.422. The lowest BCUT2D eigenvalue weighted by Gasteiger charge is -2.34. The lowest BCUT2D eigenvalue weighted by molar-refractivity contribution is -0.121. The zero-order valence-corrected chi connectivity index (χ0v) is 12.6. The summed E-state index contributed by atoms with van der Waals surface area (Å²) in [5, 5.41) is 0. The second-order valence-corrected chi connectivity index (χ2v) is 6.25. The van der Waals surface area contributed by atoms with E-state index in [1.807, 2.05) is 0 Å². The van der Waals surface area contributed by atoms with Gasteiger partial charge in [0.15, 0.2) is 0 Å². The second kappa shape index (κ2) is 5.98. The van der Waals surface area contributed by atoms with E-state index in [0.29, 0.717) is 17.7 Å². The van der Waals surface area contributed by atoms with Crippen LogP contribution in [0.3, 0.4) is 0 Å². The number of Topliss-reactive ketones (excluding diaryl/α,β-unsaturated/α-hetero) is 1. The van der Waals surface area contributed by atoms with Gasteiger partial charge in [-0.3, -0.25) is 4.79 Å². The monoisotopic (exact) mass is 309 g/mol. The van der Waals surface area contributed by atoms with Crippen molar-refractivity contribution in [3.63, 3.8) is 0 Å². The molecule has 0 N–H and O–H groups in total. The van der Waals surface area contributed by atoms with Crippen LogP contribution in [0.15, 0.2) is 28.7 Å². The normalized spacial score (nSPS) is 19.2. The smallest absolute Gasteiger partial charge is 0.132 e. The van der Waals surface area contributed by atoms with E-state index in [1.54, 1.807) is 0 Å². The second-order valence-electron chi connectivity index (χ2n) is 5.34. The average Bonchev–Trinajstić information content (AvgIpc) is 2.34. The number of carbonyl (C=O) groups excluding carboxylic acids is 1. The van der Waals surface area contributed by atoms with Crippen LogP contribution in [-0.2, 0) is 4.79 Å². The third-order valence-electron chi connectivity index (χ3n) is 3.80. The summed E-state index contributed by atoms with van der Waals surface area (Å²) in [7, 11) is 4.26. The summed E-state index contributed by atoms with van der Waals surface area (Å²) in [6, 6.07) is 8.99. The molecular formula is C15H20BrNO. The fraction of sp³-hybridized carbons (Fsp3) is 0.533. The Hall–Kier alpha value is -0.670. The summed E-state index contributed by atoms with van der Waals surface area (Å²) in [5.41, 5.74) is 1.35. The van der Waals surface area contributed by atoms with E-state index in [1.165, 1.54) is 5.56 Å². The third-order valence-corrected chi connectivity index (χ3v) is 4.33. The molecule has 1 unspecified atom stereocenters. The molecule has 1 aliphatic carbocycles. The SMILES string of the molecule is CN(C)C(c1ccc(Br)cc1)C1CCC(=O)CC1. The van der Waals surface area contributed by atoms with E-state index in [2.05, 4.69) is 59.2 Å². The van der Waals surface area contributed by atoms with Gasteiger partial charge in [-0.05, 0) is 50.6 Å². The molecule has 0 heterocycles. The Labute approximate surface area is 117 Å². The van der Waals surface area contributed by atoms with Crippen molar-refractivity contribution in [2.45, 2.75) is 31.7 Å². The Kier molecular flexibility index (Phi) is 4.57. The lowest BCUT2D eigenvalue weighted by atomic mass is 9.80. The van der Waals surface area contributed by atoms with Crippen molar-refractivity contribution in [2.24, 2.45) is 5.92 Å². The van der Waals surface area contributed by atoms with Gasteiger partial charge in [0.25, 0.3) is 0 Å². The van der Waals surface area contributed by atoms with Crippen molar-refractivity contribution in [1.29, 1.82) is 0 Å². The first-order valence-electron chi connectivity index (χ1n) is 6.51. The average molecular weight is 310 g/mol. The van der Waals surface area contributed by atoms with Gasteiger partial charge in [0.2, 0.25) is 0 Å². The quantitative estimate of drug-likeness (QED) is 0.846. The number of carbonyl (C=O) groups is 1. The Morgan fingerprint density at radius 3 is 2.22 bits per heavy atom. The molecule has 1 aromatic carbocycles. The molecule has 0 bridgehead atoms. The Morgan fingerprint density at radius 2 is 1.72 bits per heavy atom. The molecule has 1 atom stereocenters. The van der Waals surface area contributed by atoms with Gasteiger partial charge in [0.1, 0.15) is 5.78 Å². The van der Waals surface area contributed by atoms with Gasteiger partial charge in [0, 0.05) is 23.4 Å². The highest BCUT2D eigenvalue weighted by molar-refractivity contribution is 9.10. The summed E-state index contributed by atoms with van der Waals surface area (Å²) >= 11 is 3.48. The summed E-state index contributed by atoms with van der Waals surface area (Å²) in [4.78, 5) is 13.6. The molecule has 1 aliphatic rings. The number of hydrogen-bond acceptors (Lipinski definition) is 2. The van der Waals surface area contributed by atoms with Crippen molar-refractivity contribution >= 4 is 21.7 Å². The molecule has 0 radical (unpaired) electrons. The number of benzene rings is 1. The summed E-state index contributed by atoms with van der Waals surface area (Å²) in [6.45, 7) is 0. The van der Waals surface area contributed by atoms with E-state index in [4.69, 9.17) is 0 Å². The first kappa shape index (κ1) is 13.8. The molecule has 3 heteroatoms. The van der Waals surface area contributed by atoms with E-state index < -0.39 is 0 Å². The third kappa shape index (κ3) is 3.21. The lowest BCUT2D eigenvalue weighted by Crippen LogP contribution is -2.30. The molecule has 2 nitrogen and oxygen atoms in total. The van der Waals surface area contributed by atoms with Gasteiger partial charge >= 0.3 is 0 Å². The highest BCUT2D eigenvalue weighted by Gasteiger charge is 2.28. The summed E-state index contributed by atoms with van der Waals surface area (Å²) < 4.78 is 1.11. The van der Waals surface area contributed by atoms with E-state index in [9.17, 15) is 4.79 Å². The molecule has 98 valence electrons. The van der Waals surface area contributed by atoms with Gasteiger partial charge < -0.3 is 4.90 Å². The van der Waals surface area contributed by atoms with Gasteiger partial charge in [-0.25, -0.2) is 0 Å². The maximum absolute atomic E-state index is 11.4. The van der Waals surface area contributed by atoms with Crippen LogP contribution in [-0.4, -0.2) is 24.8 Å². The molecule has 0 amide bonds. The molecule has 2 rings (SSSR count). The van der Waals surface area contributed by atoms with Gasteiger partial charge in [0.05, 0.1) is 0 Å². The maximum atomic E-state index is 11.4. The van der Waals surface area contributed by atoms with Crippen molar-refractivity contribution in [2.75, 3.05) is 14.1 Å². The van der Waals surface area contributed by atoms with Crippen LogP contribution in [0, 0.1) is 5.92 Å². The minimum Gasteiger partial charge on any atom is -0.302 e. The van der Waals surface area contributed by atoms with Crippen LogP contribution in [0.2, 0.25) is 0 Å². The first-order chi connectivity index (χ1) is 8.58. The zero-order valence-electron chi connectivity index (χ0n) is 11.0. The van der Waals surface area contributed by atoms with Gasteiger partial charge in [-0.15, -0.1) is 0 Å². The van der Waals surface area contributed by atoms with Crippen LogP contribution in [0.5, 0.6) is 0 Å². The zero-order chi connectivity index (χ0) is 13.1. The van der Waals surface area contributed by atoms with Crippen LogP contribution < -0.4 is 0 Å². The molecule has 18 heavy (non-hydrogen) atoms. The van der Waals surface area contributed by atoms with Crippen molar-refractivity contribution < 1.29 is 4.79 Å². The minimum atomic E-state index is 0.422. The Morgan fingerprint density at radius 1 is 1.17 bits per heavy atom. The standard InChI is InChI=1S/C15H20BrNO/c1-17(2)15(11-3-7-13(16)8-4-11)12-5-9-14(18)10-6-12/h3-4,7-8,12,15H,5-6,9-10H2,1-2H3. The van der Waals surface area contributed by atoms with Crippen LogP contribution >= 0.6 is 15.9 Å². The maximum Gasteiger partial charge on any atom is 0.132 e. The highest BCUT2D eigenvalue weighted by Crippen LogP contribution is 2.36. The molecule has 1 saturated carbocycles. The summed E-state index contributed by atoms with van der Waals surface area (Å²) in [6.07, 6.45) is 3.56. The molecular weight excluding hydrogens is 290 g/mol. The Bertz CT molecular complexity index is 403. The number of halogens is 1. The fourth-order valence-corrected chi connectivity index (χ4v) is 3.19. The molecule has 0 saturated heterocycles. The fourth-order valence-electron chi connectivity index (χ4n) is 2.93. The molecule has 0 spiro atoms.